The van der Waals surface area contributed by atoms with Gasteiger partial charge in [-0.05, 0) is 35.9 Å². The number of carbonyl (C=O) groups is 3. The number of hydrogen-bond acceptors (Lipinski definition) is 6. The van der Waals surface area contributed by atoms with Crippen LogP contribution in [0, 0.1) is 5.92 Å². The van der Waals surface area contributed by atoms with Gasteiger partial charge in [0.1, 0.15) is 12.1 Å². The van der Waals surface area contributed by atoms with Gasteiger partial charge in [-0.25, -0.2) is 8.42 Å². The van der Waals surface area contributed by atoms with Crippen LogP contribution in [0.15, 0.2) is 52.7 Å². The molecule has 0 radical (unpaired) electrons. The number of benzene rings is 1. The Balaban J connectivity index is 1.56. The van der Waals surface area contributed by atoms with Crippen LogP contribution in [0.25, 0.3) is 0 Å². The molecule has 2 heterocycles. The third-order valence-electron chi connectivity index (χ3n) is 6.97. The Kier molecular flexibility index (Phi) is 8.43. The summed E-state index contributed by atoms with van der Waals surface area (Å²) in [6, 6.07) is 9.44. The SMILES string of the molecule is NC(=O)[C@H](CC1CCCCC1)NC(=O)[C@@H]1CN(S(=O)(=O)c2ccccc2)CCN1C(=O)c1cccs1. The van der Waals surface area contributed by atoms with Crippen molar-refractivity contribution in [3.63, 3.8) is 0 Å². The fraction of sp³-hybridized carbons (Fsp3) is 0.480. The van der Waals surface area contributed by atoms with Gasteiger partial charge < -0.3 is 16.0 Å². The maximum atomic E-state index is 13.5. The molecular formula is C25H32N4O5S2. The topological polar surface area (TPSA) is 130 Å². The number of piperazine rings is 1. The highest BCUT2D eigenvalue weighted by Crippen LogP contribution is 2.28. The van der Waals surface area contributed by atoms with Crippen molar-refractivity contribution in [1.29, 1.82) is 0 Å². The van der Waals surface area contributed by atoms with Gasteiger partial charge in [-0.2, -0.15) is 4.31 Å². The van der Waals surface area contributed by atoms with Crippen LogP contribution in [-0.4, -0.2) is 67.1 Å². The standard InChI is InChI=1S/C25H32N4O5S2/c26-23(30)20(16-18-8-3-1-4-9-18)27-24(31)21-17-28(36(33,34)19-10-5-2-6-11-19)13-14-29(21)25(32)22-12-7-15-35-22/h2,5-7,10-12,15,18,20-21H,1,3-4,8-9,13-14,16-17H2,(H2,26,30)(H,27,31)/t20-,21-/m0/s1. The summed E-state index contributed by atoms with van der Waals surface area (Å²) in [6.45, 7) is -0.112. The van der Waals surface area contributed by atoms with Gasteiger partial charge in [0.05, 0.1) is 9.77 Å². The average molecular weight is 533 g/mol. The normalized spacial score (nSPS) is 20.6. The molecule has 2 fully saturated rings. The molecule has 0 bridgehead atoms. The molecule has 4 rings (SSSR count). The number of rotatable bonds is 8. The first-order chi connectivity index (χ1) is 17.3. The first-order valence-electron chi connectivity index (χ1n) is 12.3. The third kappa shape index (κ3) is 5.96. The Morgan fingerprint density at radius 2 is 1.75 bits per heavy atom. The molecule has 2 aliphatic rings. The lowest BCUT2D eigenvalue weighted by Gasteiger charge is -2.40. The molecule has 3 amide bonds. The van der Waals surface area contributed by atoms with E-state index < -0.39 is 33.9 Å². The van der Waals surface area contributed by atoms with Crippen molar-refractivity contribution >= 4 is 39.1 Å². The predicted octanol–water partition coefficient (Wildman–Crippen LogP) is 2.20. The van der Waals surface area contributed by atoms with Crippen LogP contribution in [0.1, 0.15) is 48.2 Å². The lowest BCUT2D eigenvalue weighted by molar-refractivity contribution is -0.131. The summed E-state index contributed by atoms with van der Waals surface area (Å²) in [5.41, 5.74) is 5.64. The van der Waals surface area contributed by atoms with Gasteiger partial charge in [0.25, 0.3) is 5.91 Å². The second kappa shape index (κ2) is 11.5. The number of hydrogen-bond donors (Lipinski definition) is 2. The summed E-state index contributed by atoms with van der Waals surface area (Å²) >= 11 is 1.25. The van der Waals surface area contributed by atoms with Crippen molar-refractivity contribution in [2.75, 3.05) is 19.6 Å². The van der Waals surface area contributed by atoms with Gasteiger partial charge in [0, 0.05) is 19.6 Å². The zero-order valence-electron chi connectivity index (χ0n) is 20.0. The van der Waals surface area contributed by atoms with E-state index in [9.17, 15) is 22.8 Å². The van der Waals surface area contributed by atoms with Gasteiger partial charge in [0.15, 0.2) is 0 Å². The minimum atomic E-state index is -3.87. The number of primary amides is 1. The lowest BCUT2D eigenvalue weighted by Crippen LogP contribution is -2.63. The molecule has 9 nitrogen and oxygen atoms in total. The number of sulfonamides is 1. The highest BCUT2D eigenvalue weighted by Gasteiger charge is 2.41. The summed E-state index contributed by atoms with van der Waals surface area (Å²) in [6.07, 6.45) is 5.74. The molecule has 36 heavy (non-hydrogen) atoms. The van der Waals surface area contributed by atoms with E-state index in [1.54, 1.807) is 35.7 Å². The van der Waals surface area contributed by atoms with E-state index in [0.717, 1.165) is 32.1 Å². The summed E-state index contributed by atoms with van der Waals surface area (Å²) in [7, 11) is -3.87. The summed E-state index contributed by atoms with van der Waals surface area (Å²) in [5.74, 6) is -1.26. The van der Waals surface area contributed by atoms with Crippen LogP contribution >= 0.6 is 11.3 Å². The number of nitrogens with zero attached hydrogens (tertiary/aromatic N) is 2. The maximum absolute atomic E-state index is 13.5. The van der Waals surface area contributed by atoms with E-state index in [1.165, 1.54) is 32.7 Å². The minimum Gasteiger partial charge on any atom is -0.368 e. The van der Waals surface area contributed by atoms with Crippen LogP contribution in [-0.2, 0) is 19.6 Å². The molecule has 3 N–H and O–H groups in total. The van der Waals surface area contributed by atoms with Crippen molar-refractivity contribution in [3.8, 4) is 0 Å². The number of thiophene rings is 1. The second-order valence-electron chi connectivity index (χ2n) is 9.37. The molecule has 2 atom stereocenters. The summed E-state index contributed by atoms with van der Waals surface area (Å²) < 4.78 is 27.8. The molecule has 1 saturated carbocycles. The van der Waals surface area contributed by atoms with E-state index in [1.807, 2.05) is 0 Å². The van der Waals surface area contributed by atoms with Gasteiger partial charge in [-0.15, -0.1) is 11.3 Å². The molecule has 1 aromatic carbocycles. The Morgan fingerprint density at radius 3 is 2.39 bits per heavy atom. The third-order valence-corrected chi connectivity index (χ3v) is 9.71. The maximum Gasteiger partial charge on any atom is 0.264 e. The van der Waals surface area contributed by atoms with E-state index in [0.29, 0.717) is 17.2 Å². The van der Waals surface area contributed by atoms with Gasteiger partial charge in [0.2, 0.25) is 21.8 Å². The lowest BCUT2D eigenvalue weighted by atomic mass is 9.84. The van der Waals surface area contributed by atoms with Crippen molar-refractivity contribution in [1.82, 2.24) is 14.5 Å². The first-order valence-corrected chi connectivity index (χ1v) is 14.6. The van der Waals surface area contributed by atoms with Gasteiger partial charge in [-0.3, -0.25) is 14.4 Å². The van der Waals surface area contributed by atoms with Crippen molar-refractivity contribution < 1.29 is 22.8 Å². The molecule has 0 unspecified atom stereocenters. The summed E-state index contributed by atoms with van der Waals surface area (Å²) in [5, 5.41) is 4.52. The molecule has 1 aliphatic carbocycles. The van der Waals surface area contributed by atoms with Crippen molar-refractivity contribution in [3.05, 3.63) is 52.7 Å². The van der Waals surface area contributed by atoms with Gasteiger partial charge >= 0.3 is 0 Å². The van der Waals surface area contributed by atoms with Crippen LogP contribution in [0.2, 0.25) is 0 Å². The quantitative estimate of drug-likeness (QED) is 0.538. The highest BCUT2D eigenvalue weighted by atomic mass is 32.2. The van der Waals surface area contributed by atoms with E-state index in [-0.39, 0.29) is 30.4 Å². The fourth-order valence-corrected chi connectivity index (χ4v) is 7.13. The minimum absolute atomic E-state index is 0.0464. The average Bonchev–Trinajstić information content (AvgIpc) is 3.44. The van der Waals surface area contributed by atoms with E-state index in [2.05, 4.69) is 5.32 Å². The van der Waals surface area contributed by atoms with Crippen LogP contribution in [0.3, 0.4) is 0 Å². The van der Waals surface area contributed by atoms with E-state index >= 15 is 0 Å². The Labute approximate surface area is 215 Å². The molecule has 194 valence electrons. The molecule has 11 heteroatoms. The van der Waals surface area contributed by atoms with Gasteiger partial charge in [-0.1, -0.05) is 56.4 Å². The number of amides is 3. The molecule has 0 spiro atoms. The predicted molar refractivity (Wildman–Crippen MR) is 137 cm³/mol. The Bertz CT molecular complexity index is 1160. The molecule has 1 saturated heterocycles. The van der Waals surface area contributed by atoms with Crippen LogP contribution < -0.4 is 11.1 Å². The fourth-order valence-electron chi connectivity index (χ4n) is 5.00. The van der Waals surface area contributed by atoms with E-state index in [4.69, 9.17) is 5.73 Å². The zero-order chi connectivity index (χ0) is 25.7. The monoisotopic (exact) mass is 532 g/mol. The largest absolute Gasteiger partial charge is 0.368 e. The second-order valence-corrected chi connectivity index (χ2v) is 12.3. The number of carbonyl (C=O) groups excluding carboxylic acids is 3. The number of nitrogens with one attached hydrogen (secondary N) is 1. The zero-order valence-corrected chi connectivity index (χ0v) is 21.7. The Morgan fingerprint density at radius 1 is 1.03 bits per heavy atom. The van der Waals surface area contributed by atoms with Crippen LogP contribution in [0.4, 0.5) is 0 Å². The summed E-state index contributed by atoms with van der Waals surface area (Å²) in [4.78, 5) is 41.0. The van der Waals surface area contributed by atoms with Crippen molar-refractivity contribution in [2.24, 2.45) is 11.7 Å². The highest BCUT2D eigenvalue weighted by molar-refractivity contribution is 7.89. The molecule has 2 aromatic rings. The first kappa shape index (κ1) is 26.3. The smallest absolute Gasteiger partial charge is 0.264 e. The molecular weight excluding hydrogens is 500 g/mol. The molecule has 1 aromatic heterocycles. The Hall–Kier alpha value is -2.76. The molecule has 1 aliphatic heterocycles. The van der Waals surface area contributed by atoms with Crippen LogP contribution in [0.5, 0.6) is 0 Å². The van der Waals surface area contributed by atoms with Crippen molar-refractivity contribution in [2.45, 2.75) is 55.5 Å². The number of nitrogens with two attached hydrogens (primary N) is 1.